The minimum Gasteiger partial charge on any atom is -0.489 e. The molecule has 0 bridgehead atoms. The Hall–Kier alpha value is -2.04. The van der Waals surface area contributed by atoms with E-state index in [4.69, 9.17) is 16.3 Å². The van der Waals surface area contributed by atoms with Crippen LogP contribution in [0.5, 0.6) is 5.75 Å². The zero-order valence-corrected chi connectivity index (χ0v) is 14.3. The van der Waals surface area contributed by atoms with Crippen molar-refractivity contribution in [3.8, 4) is 5.75 Å². The fraction of sp³-hybridized carbons (Fsp3) is 0.316. The summed E-state index contributed by atoms with van der Waals surface area (Å²) >= 11 is 5.88. The molecule has 0 radical (unpaired) electrons. The van der Waals surface area contributed by atoms with Crippen molar-refractivity contribution < 1.29 is 9.53 Å². The maximum Gasteiger partial charge on any atom is 0.254 e. The maximum atomic E-state index is 12.6. The van der Waals surface area contributed by atoms with E-state index in [1.807, 2.05) is 53.4 Å². The van der Waals surface area contributed by atoms with Crippen molar-refractivity contribution >= 4 is 17.5 Å². The van der Waals surface area contributed by atoms with Crippen LogP contribution in [0.15, 0.2) is 48.5 Å². The molecule has 1 aliphatic heterocycles. The van der Waals surface area contributed by atoms with E-state index in [1.54, 1.807) is 0 Å². The Morgan fingerprint density at radius 1 is 1.12 bits per heavy atom. The van der Waals surface area contributed by atoms with Crippen LogP contribution in [0.25, 0.3) is 0 Å². The lowest BCUT2D eigenvalue weighted by atomic mass is 10.2. The van der Waals surface area contributed by atoms with E-state index in [0.717, 1.165) is 38.2 Å². The van der Waals surface area contributed by atoms with Gasteiger partial charge in [0.2, 0.25) is 0 Å². The molecule has 1 N–H and O–H groups in total. The summed E-state index contributed by atoms with van der Waals surface area (Å²) in [5.41, 5.74) is 1.71. The lowest BCUT2D eigenvalue weighted by Crippen LogP contribution is -2.34. The van der Waals surface area contributed by atoms with Crippen LogP contribution in [0.3, 0.4) is 0 Å². The average Bonchev–Trinajstić information content (AvgIpc) is 2.90. The smallest absolute Gasteiger partial charge is 0.254 e. The number of hydrogen-bond acceptors (Lipinski definition) is 3. The molecule has 0 spiro atoms. The highest BCUT2D eigenvalue weighted by molar-refractivity contribution is 6.30. The second-order valence-electron chi connectivity index (χ2n) is 5.84. The molecule has 1 fully saturated rings. The topological polar surface area (TPSA) is 41.6 Å². The largest absolute Gasteiger partial charge is 0.489 e. The molecule has 1 aliphatic rings. The van der Waals surface area contributed by atoms with Crippen molar-refractivity contribution in [1.82, 2.24) is 10.2 Å². The van der Waals surface area contributed by atoms with Crippen molar-refractivity contribution in [3.05, 3.63) is 64.7 Å². The summed E-state index contributed by atoms with van der Waals surface area (Å²) in [6.45, 7) is 3.80. The molecule has 1 saturated heterocycles. The third kappa shape index (κ3) is 4.49. The summed E-state index contributed by atoms with van der Waals surface area (Å²) in [5, 5.41) is 4.02. The van der Waals surface area contributed by atoms with E-state index < -0.39 is 0 Å². The highest BCUT2D eigenvalue weighted by Crippen LogP contribution is 2.18. The fourth-order valence-corrected chi connectivity index (χ4v) is 2.82. The van der Waals surface area contributed by atoms with Crippen LogP contribution in [0.1, 0.15) is 22.3 Å². The van der Waals surface area contributed by atoms with Crippen molar-refractivity contribution in [2.45, 2.75) is 13.0 Å². The standard InChI is InChI=1S/C19H21ClN2O2/c20-17-7-5-15(6-8-17)14-24-18-4-1-3-16(13-18)19(23)22-11-2-9-21-10-12-22/h1,3-8,13,21H,2,9-12,14H2. The Morgan fingerprint density at radius 3 is 2.79 bits per heavy atom. The quantitative estimate of drug-likeness (QED) is 0.924. The van der Waals surface area contributed by atoms with Gasteiger partial charge in [-0.2, -0.15) is 0 Å². The molecule has 3 rings (SSSR count). The molecular weight excluding hydrogens is 324 g/mol. The van der Waals surface area contributed by atoms with Gasteiger partial charge in [-0.1, -0.05) is 29.8 Å². The number of rotatable bonds is 4. The number of benzene rings is 2. The molecule has 1 amide bonds. The summed E-state index contributed by atoms with van der Waals surface area (Å²) in [6, 6.07) is 14.9. The van der Waals surface area contributed by atoms with E-state index in [1.165, 1.54) is 0 Å². The van der Waals surface area contributed by atoms with Crippen molar-refractivity contribution in [3.63, 3.8) is 0 Å². The molecule has 0 aromatic heterocycles. The molecule has 24 heavy (non-hydrogen) atoms. The molecule has 126 valence electrons. The van der Waals surface area contributed by atoms with Crippen LogP contribution in [0.4, 0.5) is 0 Å². The maximum absolute atomic E-state index is 12.6. The second-order valence-corrected chi connectivity index (χ2v) is 6.28. The average molecular weight is 345 g/mol. The number of nitrogens with one attached hydrogen (secondary N) is 1. The highest BCUT2D eigenvalue weighted by Gasteiger charge is 2.17. The van der Waals surface area contributed by atoms with Gasteiger partial charge in [0.15, 0.2) is 0 Å². The number of amides is 1. The highest BCUT2D eigenvalue weighted by atomic mass is 35.5. The van der Waals surface area contributed by atoms with Gasteiger partial charge in [-0.3, -0.25) is 4.79 Å². The Balaban J connectivity index is 1.64. The van der Waals surface area contributed by atoms with Crippen LogP contribution in [-0.4, -0.2) is 37.0 Å². The van der Waals surface area contributed by atoms with E-state index in [9.17, 15) is 4.79 Å². The number of nitrogens with zero attached hydrogens (tertiary/aromatic N) is 1. The Labute approximate surface area is 147 Å². The molecular formula is C19H21ClN2O2. The first-order chi connectivity index (χ1) is 11.7. The minimum atomic E-state index is 0.0654. The lowest BCUT2D eigenvalue weighted by molar-refractivity contribution is 0.0766. The van der Waals surface area contributed by atoms with Crippen LogP contribution in [0.2, 0.25) is 5.02 Å². The molecule has 4 nitrogen and oxygen atoms in total. The summed E-state index contributed by atoms with van der Waals surface area (Å²) in [4.78, 5) is 14.5. The molecule has 0 saturated carbocycles. The number of halogens is 1. The monoisotopic (exact) mass is 344 g/mol. The minimum absolute atomic E-state index is 0.0654. The Kier molecular flexibility index (Phi) is 5.72. The van der Waals surface area contributed by atoms with Gasteiger partial charge in [0.25, 0.3) is 5.91 Å². The first kappa shape index (κ1) is 16.8. The molecule has 0 aliphatic carbocycles. The van der Waals surface area contributed by atoms with E-state index in [0.29, 0.717) is 22.9 Å². The first-order valence-electron chi connectivity index (χ1n) is 8.20. The second kappa shape index (κ2) is 8.18. The lowest BCUT2D eigenvalue weighted by Gasteiger charge is -2.20. The van der Waals surface area contributed by atoms with Gasteiger partial charge >= 0.3 is 0 Å². The van der Waals surface area contributed by atoms with Gasteiger partial charge in [-0.25, -0.2) is 0 Å². The zero-order chi connectivity index (χ0) is 16.8. The van der Waals surface area contributed by atoms with Crippen LogP contribution in [0, 0.1) is 0 Å². The predicted molar refractivity (Wildman–Crippen MR) is 95.6 cm³/mol. The number of ether oxygens (including phenoxy) is 1. The normalized spacial score (nSPS) is 15.0. The van der Waals surface area contributed by atoms with Crippen LogP contribution < -0.4 is 10.1 Å². The summed E-state index contributed by atoms with van der Waals surface area (Å²) in [6.07, 6.45) is 0.985. The number of carbonyl (C=O) groups excluding carboxylic acids is 1. The third-order valence-electron chi connectivity index (χ3n) is 4.03. The van der Waals surface area contributed by atoms with Gasteiger partial charge in [0, 0.05) is 30.2 Å². The van der Waals surface area contributed by atoms with Crippen molar-refractivity contribution in [2.75, 3.05) is 26.2 Å². The van der Waals surface area contributed by atoms with E-state index in [-0.39, 0.29) is 5.91 Å². The van der Waals surface area contributed by atoms with E-state index in [2.05, 4.69) is 5.32 Å². The van der Waals surface area contributed by atoms with Gasteiger partial charge in [-0.15, -0.1) is 0 Å². The van der Waals surface area contributed by atoms with Gasteiger partial charge in [0.1, 0.15) is 12.4 Å². The predicted octanol–water partition coefficient (Wildman–Crippen LogP) is 3.35. The summed E-state index contributed by atoms with van der Waals surface area (Å²) < 4.78 is 5.81. The van der Waals surface area contributed by atoms with Crippen LogP contribution >= 0.6 is 11.6 Å². The molecule has 2 aromatic rings. The zero-order valence-electron chi connectivity index (χ0n) is 13.5. The summed E-state index contributed by atoms with van der Waals surface area (Å²) in [7, 11) is 0. The van der Waals surface area contributed by atoms with Crippen molar-refractivity contribution in [1.29, 1.82) is 0 Å². The molecule has 0 unspecified atom stereocenters. The number of carbonyl (C=O) groups is 1. The third-order valence-corrected chi connectivity index (χ3v) is 4.28. The summed E-state index contributed by atoms with van der Waals surface area (Å²) in [5.74, 6) is 0.763. The van der Waals surface area contributed by atoms with E-state index >= 15 is 0 Å². The first-order valence-corrected chi connectivity index (χ1v) is 8.57. The molecule has 5 heteroatoms. The van der Waals surface area contributed by atoms with Gasteiger partial charge in [0.05, 0.1) is 0 Å². The SMILES string of the molecule is O=C(c1cccc(OCc2ccc(Cl)cc2)c1)N1CCCNCC1. The van der Waals surface area contributed by atoms with Crippen molar-refractivity contribution in [2.24, 2.45) is 0 Å². The fourth-order valence-electron chi connectivity index (χ4n) is 2.70. The molecule has 2 aromatic carbocycles. The van der Waals surface area contributed by atoms with Crippen LogP contribution in [-0.2, 0) is 6.61 Å². The van der Waals surface area contributed by atoms with Gasteiger partial charge in [-0.05, 0) is 48.9 Å². The Morgan fingerprint density at radius 2 is 1.96 bits per heavy atom. The molecule has 0 atom stereocenters. The Bertz CT molecular complexity index is 680. The van der Waals surface area contributed by atoms with Gasteiger partial charge < -0.3 is 15.0 Å². The molecule has 1 heterocycles. The number of hydrogen-bond donors (Lipinski definition) is 1.